The highest BCUT2D eigenvalue weighted by molar-refractivity contribution is 5.94. The first-order valence-electron chi connectivity index (χ1n) is 7.96. The molecule has 2 N–H and O–H groups in total. The summed E-state index contributed by atoms with van der Waals surface area (Å²) < 4.78 is 0. The molecule has 0 unspecified atom stereocenters. The molecule has 5 nitrogen and oxygen atoms in total. The Balaban J connectivity index is 0.00000208. The quantitative estimate of drug-likeness (QED) is 0.918. The second-order valence-corrected chi connectivity index (χ2v) is 5.82. The fourth-order valence-electron chi connectivity index (χ4n) is 2.82. The molecule has 6 heteroatoms. The lowest BCUT2D eigenvalue weighted by molar-refractivity contribution is 0.0628. The van der Waals surface area contributed by atoms with Crippen molar-refractivity contribution in [2.75, 3.05) is 26.2 Å². The predicted octanol–water partition coefficient (Wildman–Crippen LogP) is 1.92. The molecule has 128 valence electrons. The Morgan fingerprint density at radius 2 is 1.58 bits per heavy atom. The summed E-state index contributed by atoms with van der Waals surface area (Å²) >= 11 is 0. The molecule has 24 heavy (non-hydrogen) atoms. The van der Waals surface area contributed by atoms with Gasteiger partial charge in [-0.05, 0) is 35.4 Å². The van der Waals surface area contributed by atoms with E-state index < -0.39 is 0 Å². The molecular formula is C18H23ClN4O. The number of carbonyl (C=O) groups excluding carboxylic acids is 1. The van der Waals surface area contributed by atoms with E-state index in [1.165, 1.54) is 5.56 Å². The van der Waals surface area contributed by atoms with Crippen molar-refractivity contribution in [2.45, 2.75) is 13.1 Å². The number of benzene rings is 1. The van der Waals surface area contributed by atoms with Gasteiger partial charge in [0.15, 0.2) is 0 Å². The average Bonchev–Trinajstić information content (AvgIpc) is 2.63. The van der Waals surface area contributed by atoms with Crippen LogP contribution in [0.2, 0.25) is 0 Å². The number of halogens is 1. The molecule has 0 bridgehead atoms. The third kappa shape index (κ3) is 4.54. The lowest BCUT2D eigenvalue weighted by atomic mass is 10.1. The second-order valence-electron chi connectivity index (χ2n) is 5.82. The highest BCUT2D eigenvalue weighted by Gasteiger charge is 2.22. The third-order valence-electron chi connectivity index (χ3n) is 4.25. The molecule has 3 rings (SSSR count). The standard InChI is InChI=1S/C18H22N4O.ClH/c19-13-15-1-3-17(4-2-15)18(23)22-11-9-21(10-12-22)14-16-5-7-20-8-6-16;/h1-8H,9-14,19H2;1H. The first-order valence-corrected chi connectivity index (χ1v) is 7.96. The van der Waals surface area contributed by atoms with Gasteiger partial charge in [-0.2, -0.15) is 0 Å². The highest BCUT2D eigenvalue weighted by Crippen LogP contribution is 2.12. The first-order chi connectivity index (χ1) is 11.3. The molecule has 1 aromatic carbocycles. The number of carbonyl (C=O) groups is 1. The highest BCUT2D eigenvalue weighted by atomic mass is 35.5. The van der Waals surface area contributed by atoms with E-state index in [-0.39, 0.29) is 18.3 Å². The van der Waals surface area contributed by atoms with Gasteiger partial charge in [-0.1, -0.05) is 12.1 Å². The van der Waals surface area contributed by atoms with E-state index in [4.69, 9.17) is 5.73 Å². The summed E-state index contributed by atoms with van der Waals surface area (Å²) in [6.45, 7) is 4.74. The number of hydrogen-bond acceptors (Lipinski definition) is 4. The van der Waals surface area contributed by atoms with Gasteiger partial charge in [0.2, 0.25) is 0 Å². The molecule has 1 amide bonds. The molecule has 1 aliphatic rings. The van der Waals surface area contributed by atoms with Gasteiger partial charge in [0, 0.05) is 57.2 Å². The van der Waals surface area contributed by atoms with E-state index in [0.29, 0.717) is 6.54 Å². The third-order valence-corrected chi connectivity index (χ3v) is 4.25. The van der Waals surface area contributed by atoms with Gasteiger partial charge in [0.05, 0.1) is 0 Å². The van der Waals surface area contributed by atoms with Crippen LogP contribution in [0.5, 0.6) is 0 Å². The largest absolute Gasteiger partial charge is 0.336 e. The monoisotopic (exact) mass is 346 g/mol. The lowest BCUT2D eigenvalue weighted by Crippen LogP contribution is -2.48. The summed E-state index contributed by atoms with van der Waals surface area (Å²) in [5.41, 5.74) is 8.64. The minimum Gasteiger partial charge on any atom is -0.336 e. The summed E-state index contributed by atoms with van der Waals surface area (Å²) in [5.74, 6) is 0.108. The Hall–Kier alpha value is -1.95. The van der Waals surface area contributed by atoms with Crippen LogP contribution >= 0.6 is 12.4 Å². The van der Waals surface area contributed by atoms with Crippen LogP contribution in [0.4, 0.5) is 0 Å². The summed E-state index contributed by atoms with van der Waals surface area (Å²) in [6.07, 6.45) is 3.64. The van der Waals surface area contributed by atoms with E-state index in [1.54, 1.807) is 0 Å². The van der Waals surface area contributed by atoms with E-state index >= 15 is 0 Å². The number of hydrogen-bond donors (Lipinski definition) is 1. The van der Waals surface area contributed by atoms with E-state index in [2.05, 4.69) is 9.88 Å². The van der Waals surface area contributed by atoms with Crippen molar-refractivity contribution in [3.63, 3.8) is 0 Å². The van der Waals surface area contributed by atoms with Crippen molar-refractivity contribution in [3.8, 4) is 0 Å². The van der Waals surface area contributed by atoms with Crippen molar-refractivity contribution in [1.29, 1.82) is 0 Å². The summed E-state index contributed by atoms with van der Waals surface area (Å²) in [6, 6.07) is 11.7. The Morgan fingerprint density at radius 3 is 2.17 bits per heavy atom. The minimum atomic E-state index is 0. The average molecular weight is 347 g/mol. The number of aromatic nitrogens is 1. The van der Waals surface area contributed by atoms with Gasteiger partial charge < -0.3 is 10.6 Å². The number of nitrogens with two attached hydrogens (primary N) is 1. The molecule has 0 radical (unpaired) electrons. The molecule has 0 atom stereocenters. The van der Waals surface area contributed by atoms with Crippen LogP contribution in [-0.2, 0) is 13.1 Å². The zero-order valence-corrected chi connectivity index (χ0v) is 14.4. The van der Waals surface area contributed by atoms with E-state index in [1.807, 2.05) is 53.7 Å². The maximum Gasteiger partial charge on any atom is 0.253 e. The molecule has 2 heterocycles. The van der Waals surface area contributed by atoms with Gasteiger partial charge in [0.25, 0.3) is 5.91 Å². The van der Waals surface area contributed by atoms with E-state index in [9.17, 15) is 4.79 Å². The van der Waals surface area contributed by atoms with E-state index in [0.717, 1.165) is 43.9 Å². The zero-order chi connectivity index (χ0) is 16.1. The van der Waals surface area contributed by atoms with Crippen molar-refractivity contribution in [2.24, 2.45) is 5.73 Å². The first kappa shape index (κ1) is 18.4. The number of rotatable bonds is 4. The number of amides is 1. The fourth-order valence-corrected chi connectivity index (χ4v) is 2.82. The number of nitrogens with zero attached hydrogens (tertiary/aromatic N) is 3. The SMILES string of the molecule is Cl.NCc1ccc(C(=O)N2CCN(Cc3ccncc3)CC2)cc1. The second kappa shape index (κ2) is 8.78. The molecular weight excluding hydrogens is 324 g/mol. The van der Waals surface area contributed by atoms with Gasteiger partial charge >= 0.3 is 0 Å². The number of pyridine rings is 1. The Bertz CT molecular complexity index is 640. The minimum absolute atomic E-state index is 0. The Morgan fingerprint density at radius 1 is 0.958 bits per heavy atom. The number of piperazine rings is 1. The zero-order valence-electron chi connectivity index (χ0n) is 13.6. The normalized spacial score (nSPS) is 15.0. The summed E-state index contributed by atoms with van der Waals surface area (Å²) in [5, 5.41) is 0. The van der Waals surface area contributed by atoms with Crippen LogP contribution < -0.4 is 5.73 Å². The molecule has 0 aliphatic carbocycles. The topological polar surface area (TPSA) is 62.5 Å². The van der Waals surface area contributed by atoms with Crippen molar-refractivity contribution in [1.82, 2.24) is 14.8 Å². The van der Waals surface area contributed by atoms with Gasteiger partial charge in [-0.25, -0.2) is 0 Å². The molecule has 1 saturated heterocycles. The van der Waals surface area contributed by atoms with Crippen molar-refractivity contribution >= 4 is 18.3 Å². The van der Waals surface area contributed by atoms with Gasteiger partial charge in [-0.15, -0.1) is 12.4 Å². The fraction of sp³-hybridized carbons (Fsp3) is 0.333. The van der Waals surface area contributed by atoms with Crippen LogP contribution in [0.3, 0.4) is 0 Å². The Labute approximate surface area is 148 Å². The molecule has 2 aromatic rings. The maximum atomic E-state index is 12.5. The van der Waals surface area contributed by atoms with Gasteiger partial charge in [-0.3, -0.25) is 14.7 Å². The van der Waals surface area contributed by atoms with Crippen LogP contribution in [0.1, 0.15) is 21.5 Å². The van der Waals surface area contributed by atoms with Gasteiger partial charge in [0.1, 0.15) is 0 Å². The van der Waals surface area contributed by atoms with Crippen molar-refractivity contribution in [3.05, 3.63) is 65.5 Å². The molecule has 0 saturated carbocycles. The summed E-state index contributed by atoms with van der Waals surface area (Å²) in [7, 11) is 0. The van der Waals surface area contributed by atoms with Crippen LogP contribution in [0.25, 0.3) is 0 Å². The lowest BCUT2D eigenvalue weighted by Gasteiger charge is -2.34. The van der Waals surface area contributed by atoms with Crippen molar-refractivity contribution < 1.29 is 4.79 Å². The van der Waals surface area contributed by atoms with Crippen LogP contribution in [-0.4, -0.2) is 46.9 Å². The predicted molar refractivity (Wildman–Crippen MR) is 97.0 cm³/mol. The molecule has 1 fully saturated rings. The summed E-state index contributed by atoms with van der Waals surface area (Å²) in [4.78, 5) is 20.9. The van der Waals surface area contributed by atoms with Crippen LogP contribution in [0.15, 0.2) is 48.8 Å². The van der Waals surface area contributed by atoms with Crippen LogP contribution in [0, 0.1) is 0 Å². The molecule has 1 aromatic heterocycles. The Kier molecular flexibility index (Phi) is 6.73. The maximum absolute atomic E-state index is 12.5. The molecule has 0 spiro atoms. The smallest absolute Gasteiger partial charge is 0.253 e. The molecule has 1 aliphatic heterocycles.